The number of aldehydes is 1. The van der Waals surface area contributed by atoms with E-state index in [0.717, 1.165) is 28.8 Å². The van der Waals surface area contributed by atoms with Crippen LogP contribution in [0.25, 0.3) is 0 Å². The molecule has 3 aromatic carbocycles. The number of alkyl halides is 7. The van der Waals surface area contributed by atoms with Crippen LogP contribution >= 0.6 is 0 Å². The first-order valence-corrected chi connectivity index (χ1v) is 13.7. The molecule has 0 aromatic heterocycles. The molecule has 0 saturated carbocycles. The zero-order chi connectivity index (χ0) is 34.3. The third-order valence-electron chi connectivity index (χ3n) is 6.81. The summed E-state index contributed by atoms with van der Waals surface area (Å²) in [5.41, 5.74) is 0.400. The maximum absolute atomic E-state index is 13.7. The highest BCUT2D eigenvalue weighted by atomic mass is 19.4. The minimum absolute atomic E-state index is 0.0223. The molecule has 1 amide bonds. The third kappa shape index (κ3) is 9.43. The molecule has 0 atom stereocenters. The van der Waals surface area contributed by atoms with E-state index in [9.17, 15) is 44.7 Å². The zero-order valence-electron chi connectivity index (χ0n) is 24.4. The number of amides is 1. The van der Waals surface area contributed by atoms with Crippen molar-refractivity contribution in [3.63, 3.8) is 0 Å². The first-order valence-electron chi connectivity index (χ1n) is 13.7. The molecule has 1 aliphatic heterocycles. The summed E-state index contributed by atoms with van der Waals surface area (Å²) in [6, 6.07) is 12.3. The monoisotopic (exact) mass is 670 g/mol. The number of allylic oxidation sites excluding steroid dienone is 1. The molecular formula is C31H26F8N4O4. The quantitative estimate of drug-likeness (QED) is 0.130. The van der Waals surface area contributed by atoms with Crippen LogP contribution in [0.15, 0.2) is 77.5 Å². The molecular weight excluding hydrogens is 644 g/mol. The molecule has 0 radical (unpaired) electrons. The summed E-state index contributed by atoms with van der Waals surface area (Å²) in [4.78, 5) is 26.3. The van der Waals surface area contributed by atoms with Gasteiger partial charge in [-0.05, 0) is 53.6 Å². The van der Waals surface area contributed by atoms with Gasteiger partial charge in [-0.25, -0.2) is 4.39 Å². The van der Waals surface area contributed by atoms with E-state index in [1.165, 1.54) is 13.1 Å². The topological polar surface area (TPSA) is 83.5 Å². The van der Waals surface area contributed by atoms with Crippen molar-refractivity contribution in [3.8, 4) is 11.5 Å². The van der Waals surface area contributed by atoms with E-state index >= 15 is 0 Å². The first-order chi connectivity index (χ1) is 22.2. The van der Waals surface area contributed by atoms with Crippen LogP contribution in [0.3, 0.4) is 0 Å². The fourth-order valence-electron chi connectivity index (χ4n) is 4.56. The number of nitrogens with one attached hydrogen (secondary N) is 1. The number of benzene rings is 3. The van der Waals surface area contributed by atoms with Crippen LogP contribution < -0.4 is 19.8 Å². The largest absolute Gasteiger partial charge is 0.431 e. The number of carbonyl (C=O) groups excluding carboxylic acids is 2. The van der Waals surface area contributed by atoms with Gasteiger partial charge in [-0.3, -0.25) is 14.6 Å². The van der Waals surface area contributed by atoms with Gasteiger partial charge in [0.25, 0.3) is 5.91 Å². The van der Waals surface area contributed by atoms with Crippen molar-refractivity contribution in [1.82, 2.24) is 10.2 Å². The summed E-state index contributed by atoms with van der Waals surface area (Å²) in [7, 11) is 1.38. The van der Waals surface area contributed by atoms with Crippen molar-refractivity contribution in [2.24, 2.45) is 5.10 Å². The number of hydrogen-bond donors (Lipinski definition) is 1. The van der Waals surface area contributed by atoms with Gasteiger partial charge in [0.15, 0.2) is 17.8 Å². The van der Waals surface area contributed by atoms with E-state index in [0.29, 0.717) is 37.2 Å². The van der Waals surface area contributed by atoms with Crippen LogP contribution in [0.5, 0.6) is 11.5 Å². The summed E-state index contributed by atoms with van der Waals surface area (Å²) in [6.07, 6.45) is -2.48. The Kier molecular flexibility index (Phi) is 11.1. The molecule has 16 heteroatoms. The fourth-order valence-corrected chi connectivity index (χ4v) is 4.56. The van der Waals surface area contributed by atoms with E-state index in [1.54, 1.807) is 30.5 Å². The predicted molar refractivity (Wildman–Crippen MR) is 154 cm³/mol. The molecule has 8 nitrogen and oxygen atoms in total. The number of hydrazone groups is 1. The van der Waals surface area contributed by atoms with Gasteiger partial charge in [-0.2, -0.15) is 35.8 Å². The van der Waals surface area contributed by atoms with E-state index in [2.05, 4.69) is 19.9 Å². The summed E-state index contributed by atoms with van der Waals surface area (Å²) >= 11 is 0. The molecule has 0 unspecified atom stereocenters. The molecule has 250 valence electrons. The number of rotatable bonds is 12. The Hall–Kier alpha value is -5.15. The van der Waals surface area contributed by atoms with Gasteiger partial charge < -0.3 is 19.7 Å². The van der Waals surface area contributed by atoms with Gasteiger partial charge in [-0.15, -0.1) is 0 Å². The van der Waals surface area contributed by atoms with Crippen molar-refractivity contribution >= 4 is 23.6 Å². The molecule has 0 spiro atoms. The average Bonchev–Trinajstić information content (AvgIpc) is 3.01. The second-order valence-electron chi connectivity index (χ2n) is 10.1. The zero-order valence-corrected chi connectivity index (χ0v) is 24.4. The smallest absolute Gasteiger partial charge is 0.419 e. The highest BCUT2D eigenvalue weighted by Gasteiger charge is 2.34. The Balaban J connectivity index is 1.37. The van der Waals surface area contributed by atoms with Crippen LogP contribution in [0.4, 0.5) is 40.8 Å². The van der Waals surface area contributed by atoms with E-state index in [1.807, 2.05) is 4.90 Å². The lowest BCUT2D eigenvalue weighted by molar-refractivity contribution is -0.140. The average molecular weight is 671 g/mol. The Bertz CT molecular complexity index is 1650. The van der Waals surface area contributed by atoms with Crippen LogP contribution in [0, 0.1) is 5.82 Å². The van der Waals surface area contributed by atoms with Crippen LogP contribution in [-0.2, 0) is 24.1 Å². The van der Waals surface area contributed by atoms with Gasteiger partial charge in [0, 0.05) is 44.9 Å². The summed E-state index contributed by atoms with van der Waals surface area (Å²) in [5, 5.41) is 8.00. The Labute approximate surface area is 262 Å². The lowest BCUT2D eigenvalue weighted by atomic mass is 10.0. The third-order valence-corrected chi connectivity index (χ3v) is 6.81. The number of nitrogens with zero attached hydrogens (tertiary/aromatic N) is 3. The molecule has 1 aliphatic rings. The summed E-state index contributed by atoms with van der Waals surface area (Å²) in [6.45, 7) is -5.93. The standard InChI is InChI=1S/C31H26F8N4O4/c1-42(22-7-8-24(32)23(13-22)31(37,38)39)41-25-10-11-43(16-21(25)17-44)15-18-2-5-20(6-3-18)28(45)40-14-19-4-9-26(46-29(33)34)27(12-19)47-30(35)36/h2-9,12-13,16-17,29-30H,10-11,14-15H2,1H3,(H,40,45)/b41-25-. The number of carbonyl (C=O) groups is 2. The minimum Gasteiger partial charge on any atom is -0.431 e. The Morgan fingerprint density at radius 2 is 1.64 bits per heavy atom. The van der Waals surface area contributed by atoms with Gasteiger partial charge in [0.1, 0.15) is 5.82 Å². The molecule has 0 saturated heterocycles. The van der Waals surface area contributed by atoms with Crippen molar-refractivity contribution in [2.45, 2.75) is 38.9 Å². The molecule has 1 N–H and O–H groups in total. The molecule has 0 fully saturated rings. The molecule has 3 aromatic rings. The highest BCUT2D eigenvalue weighted by Crippen LogP contribution is 2.34. The van der Waals surface area contributed by atoms with E-state index in [4.69, 9.17) is 0 Å². The number of ether oxygens (including phenoxy) is 2. The van der Waals surface area contributed by atoms with Crippen LogP contribution in [-0.4, -0.2) is 49.6 Å². The normalized spacial score (nSPS) is 14.3. The van der Waals surface area contributed by atoms with Gasteiger partial charge >= 0.3 is 19.4 Å². The Morgan fingerprint density at radius 3 is 2.28 bits per heavy atom. The first kappa shape index (κ1) is 34.7. The van der Waals surface area contributed by atoms with Crippen molar-refractivity contribution in [2.75, 3.05) is 18.6 Å². The molecule has 1 heterocycles. The molecule has 0 aliphatic carbocycles. The van der Waals surface area contributed by atoms with Crippen LogP contribution in [0.1, 0.15) is 33.5 Å². The van der Waals surface area contributed by atoms with Gasteiger partial charge in [0.05, 0.1) is 22.5 Å². The number of halogens is 8. The maximum atomic E-state index is 13.7. The van der Waals surface area contributed by atoms with Crippen molar-refractivity contribution in [3.05, 3.63) is 101 Å². The van der Waals surface area contributed by atoms with Gasteiger partial charge in [-0.1, -0.05) is 18.2 Å². The van der Waals surface area contributed by atoms with Gasteiger partial charge in [0.2, 0.25) is 0 Å². The summed E-state index contributed by atoms with van der Waals surface area (Å²) in [5.74, 6) is -3.11. The maximum Gasteiger partial charge on any atom is 0.419 e. The highest BCUT2D eigenvalue weighted by molar-refractivity contribution is 6.15. The minimum atomic E-state index is -4.89. The number of anilines is 1. The number of hydrogen-bond acceptors (Lipinski definition) is 7. The van der Waals surface area contributed by atoms with E-state index < -0.39 is 48.2 Å². The summed E-state index contributed by atoms with van der Waals surface area (Å²) < 4.78 is 112. The SMILES string of the molecule is CN(/N=C1/CCN(Cc2ccc(C(=O)NCc3ccc(OC(F)F)c(OC(F)F)c3)cc2)C=C1C=O)c1ccc(F)c(C(F)(F)F)c1. The second-order valence-corrected chi connectivity index (χ2v) is 10.1. The Morgan fingerprint density at radius 1 is 0.979 bits per heavy atom. The van der Waals surface area contributed by atoms with Crippen molar-refractivity contribution < 1.29 is 54.2 Å². The van der Waals surface area contributed by atoms with Crippen molar-refractivity contribution in [1.29, 1.82) is 0 Å². The second kappa shape index (κ2) is 15.0. The lowest BCUT2D eigenvalue weighted by Crippen LogP contribution is -2.29. The predicted octanol–water partition coefficient (Wildman–Crippen LogP) is 6.76. The van der Waals surface area contributed by atoms with Crippen LogP contribution in [0.2, 0.25) is 0 Å². The molecule has 47 heavy (non-hydrogen) atoms. The molecule has 4 rings (SSSR count). The lowest BCUT2D eigenvalue weighted by Gasteiger charge is -2.27. The molecule has 0 bridgehead atoms. The fraction of sp³-hybridized carbons (Fsp3) is 0.258. The van der Waals surface area contributed by atoms with E-state index in [-0.39, 0.29) is 35.4 Å².